The van der Waals surface area contributed by atoms with E-state index < -0.39 is 16.9 Å². The number of rotatable bonds is 4. The van der Waals surface area contributed by atoms with Crippen LogP contribution in [0.5, 0.6) is 0 Å². The van der Waals surface area contributed by atoms with Gasteiger partial charge in [0.25, 0.3) is 0 Å². The maximum absolute atomic E-state index is 12.8. The van der Waals surface area contributed by atoms with E-state index >= 15 is 0 Å². The molecule has 1 aromatic carbocycles. The normalized spacial score (nSPS) is 21.7. The number of nitrogens with zero attached hydrogens (tertiary/aromatic N) is 3. The number of anilines is 3. The largest absolute Gasteiger partial charge is 0.420 e. The van der Waals surface area contributed by atoms with Gasteiger partial charge in [-0.25, -0.2) is 9.97 Å². The zero-order valence-corrected chi connectivity index (χ0v) is 15.4. The lowest BCUT2D eigenvalue weighted by Gasteiger charge is -2.30. The topological polar surface area (TPSA) is 53.1 Å². The molecule has 2 bridgehead atoms. The van der Waals surface area contributed by atoms with Crippen LogP contribution in [-0.4, -0.2) is 35.1 Å². The highest BCUT2D eigenvalue weighted by Gasteiger charge is 2.37. The zero-order valence-electron chi connectivity index (χ0n) is 14.6. The maximum Gasteiger partial charge on any atom is 0.420 e. The molecule has 0 aliphatic carbocycles. The summed E-state index contributed by atoms with van der Waals surface area (Å²) < 4.78 is 38.4. The minimum absolute atomic E-state index is 0.0416. The van der Waals surface area contributed by atoms with Crippen molar-refractivity contribution in [3.8, 4) is 0 Å². The lowest BCUT2D eigenvalue weighted by molar-refractivity contribution is -0.137. The van der Waals surface area contributed by atoms with E-state index in [9.17, 15) is 13.2 Å². The highest BCUT2D eigenvalue weighted by molar-refractivity contribution is 6.30. The summed E-state index contributed by atoms with van der Waals surface area (Å²) >= 11 is 5.68. The highest BCUT2D eigenvalue weighted by Crippen LogP contribution is 2.35. The van der Waals surface area contributed by atoms with Gasteiger partial charge >= 0.3 is 6.18 Å². The van der Waals surface area contributed by atoms with Gasteiger partial charge in [0, 0.05) is 42.7 Å². The molecule has 2 saturated heterocycles. The molecule has 0 amide bonds. The van der Waals surface area contributed by atoms with Crippen molar-refractivity contribution in [1.29, 1.82) is 0 Å². The quantitative estimate of drug-likeness (QED) is 0.764. The molecular formula is C18H19ClF3N5. The number of aromatic nitrogens is 2. The van der Waals surface area contributed by atoms with E-state index in [1.807, 2.05) is 19.1 Å². The van der Waals surface area contributed by atoms with E-state index in [4.69, 9.17) is 11.6 Å². The van der Waals surface area contributed by atoms with Crippen LogP contribution in [0.2, 0.25) is 5.15 Å². The molecule has 2 aliphatic heterocycles. The van der Waals surface area contributed by atoms with E-state index in [0.717, 1.165) is 36.4 Å². The zero-order chi connectivity index (χ0) is 19.2. The summed E-state index contributed by atoms with van der Waals surface area (Å²) in [6.45, 7) is 4.03. The van der Waals surface area contributed by atoms with Crippen LogP contribution in [0, 0.1) is 0 Å². The molecule has 27 heavy (non-hydrogen) atoms. The predicted octanol–water partition coefficient (Wildman–Crippen LogP) is 4.01. The number of alkyl halides is 3. The molecule has 2 atom stereocenters. The molecule has 3 heterocycles. The van der Waals surface area contributed by atoms with Crippen molar-refractivity contribution < 1.29 is 13.2 Å². The first-order valence-electron chi connectivity index (χ1n) is 8.85. The van der Waals surface area contributed by atoms with E-state index in [1.165, 1.54) is 6.42 Å². The minimum atomic E-state index is -4.57. The second-order valence-corrected chi connectivity index (χ2v) is 7.22. The monoisotopic (exact) mass is 397 g/mol. The standard InChI is InChI=1S/C18H19ClF3N5/c1-2-10-5-12(27-9-11-6-13(27)7-23-11)3-4-15(10)25-17-24-8-14(16(19)26-17)18(20,21)22/h3-5,8,11,13,23H,2,6-7,9H2,1H3,(H,24,25,26)/t11-,13-/m1/s1. The van der Waals surface area contributed by atoms with Crippen LogP contribution in [0.25, 0.3) is 0 Å². The first-order chi connectivity index (χ1) is 12.8. The van der Waals surface area contributed by atoms with E-state index in [-0.39, 0.29) is 5.95 Å². The average molecular weight is 398 g/mol. The van der Waals surface area contributed by atoms with Crippen molar-refractivity contribution in [2.45, 2.75) is 38.0 Å². The minimum Gasteiger partial charge on any atom is -0.366 e. The molecular weight excluding hydrogens is 379 g/mol. The van der Waals surface area contributed by atoms with Gasteiger partial charge in [-0.3, -0.25) is 0 Å². The van der Waals surface area contributed by atoms with Crippen molar-refractivity contribution in [2.75, 3.05) is 23.3 Å². The Morgan fingerprint density at radius 2 is 2.19 bits per heavy atom. The van der Waals surface area contributed by atoms with Gasteiger partial charge in [0.1, 0.15) is 10.7 Å². The first kappa shape index (κ1) is 18.3. The van der Waals surface area contributed by atoms with Gasteiger partial charge in [-0.2, -0.15) is 13.2 Å². The summed E-state index contributed by atoms with van der Waals surface area (Å²) in [6.07, 6.45) is -1.94. The fraction of sp³-hybridized carbons (Fsp3) is 0.444. The van der Waals surface area contributed by atoms with Crippen molar-refractivity contribution in [1.82, 2.24) is 15.3 Å². The molecule has 9 heteroatoms. The Morgan fingerprint density at radius 1 is 1.37 bits per heavy atom. The van der Waals surface area contributed by atoms with E-state index in [2.05, 4.69) is 31.6 Å². The Bertz CT molecular complexity index is 857. The smallest absolute Gasteiger partial charge is 0.366 e. The number of hydrogen-bond acceptors (Lipinski definition) is 5. The molecule has 2 fully saturated rings. The van der Waals surface area contributed by atoms with Crippen LogP contribution in [0.15, 0.2) is 24.4 Å². The molecule has 144 valence electrons. The summed E-state index contributed by atoms with van der Waals surface area (Å²) in [5.74, 6) is 0.0416. The van der Waals surface area contributed by atoms with E-state index in [0.29, 0.717) is 18.3 Å². The fourth-order valence-electron chi connectivity index (χ4n) is 3.78. The number of aryl methyl sites for hydroxylation is 1. The van der Waals surface area contributed by atoms with Gasteiger partial charge in [0.15, 0.2) is 0 Å². The molecule has 0 spiro atoms. The number of fused-ring (bicyclic) bond motifs is 2. The van der Waals surface area contributed by atoms with Crippen LogP contribution in [-0.2, 0) is 12.6 Å². The fourth-order valence-corrected chi connectivity index (χ4v) is 4.02. The first-order valence-corrected chi connectivity index (χ1v) is 9.22. The number of benzene rings is 1. The number of nitrogens with one attached hydrogen (secondary N) is 2. The van der Waals surface area contributed by atoms with Crippen LogP contribution in [0.3, 0.4) is 0 Å². The Balaban J connectivity index is 1.56. The molecule has 1 aromatic heterocycles. The second kappa shape index (κ2) is 6.83. The second-order valence-electron chi connectivity index (χ2n) is 6.86. The highest BCUT2D eigenvalue weighted by atomic mass is 35.5. The Labute approximate surface area is 159 Å². The van der Waals surface area contributed by atoms with Crippen molar-refractivity contribution >= 4 is 28.9 Å². The van der Waals surface area contributed by atoms with E-state index in [1.54, 1.807) is 0 Å². The molecule has 0 radical (unpaired) electrons. The summed E-state index contributed by atoms with van der Waals surface area (Å²) in [6, 6.07) is 7.14. The average Bonchev–Trinajstić information content (AvgIpc) is 3.24. The summed E-state index contributed by atoms with van der Waals surface area (Å²) in [7, 11) is 0. The number of hydrogen-bond donors (Lipinski definition) is 2. The Kier molecular flexibility index (Phi) is 4.63. The van der Waals surface area contributed by atoms with Crippen molar-refractivity contribution in [3.05, 3.63) is 40.7 Å². The van der Waals surface area contributed by atoms with Gasteiger partial charge in [0.05, 0.1) is 0 Å². The Hall–Kier alpha value is -2.06. The SMILES string of the molecule is CCc1cc(N2C[C@H]3C[C@@H]2CN3)ccc1Nc1ncc(C(F)(F)F)c(Cl)n1. The lowest BCUT2D eigenvalue weighted by Crippen LogP contribution is -2.43. The summed E-state index contributed by atoms with van der Waals surface area (Å²) in [5.41, 5.74) is 1.93. The van der Waals surface area contributed by atoms with Gasteiger partial charge in [0.2, 0.25) is 5.95 Å². The number of piperazine rings is 1. The molecule has 0 unspecified atom stereocenters. The lowest BCUT2D eigenvalue weighted by atomic mass is 10.1. The van der Waals surface area contributed by atoms with Crippen molar-refractivity contribution in [2.24, 2.45) is 0 Å². The van der Waals surface area contributed by atoms with Crippen molar-refractivity contribution in [3.63, 3.8) is 0 Å². The van der Waals surface area contributed by atoms with Crippen LogP contribution < -0.4 is 15.5 Å². The van der Waals surface area contributed by atoms with Crippen LogP contribution in [0.4, 0.5) is 30.5 Å². The molecule has 2 aromatic rings. The molecule has 2 aliphatic rings. The molecule has 0 saturated carbocycles. The van der Waals surface area contributed by atoms with Crippen LogP contribution >= 0.6 is 11.6 Å². The van der Waals surface area contributed by atoms with Crippen LogP contribution in [0.1, 0.15) is 24.5 Å². The third-order valence-electron chi connectivity index (χ3n) is 5.15. The molecule has 5 nitrogen and oxygen atoms in total. The maximum atomic E-state index is 12.8. The van der Waals surface area contributed by atoms with Gasteiger partial charge in [-0.1, -0.05) is 18.5 Å². The summed E-state index contributed by atoms with van der Waals surface area (Å²) in [4.78, 5) is 9.92. The molecule has 4 rings (SSSR count). The predicted molar refractivity (Wildman–Crippen MR) is 98.7 cm³/mol. The van der Waals surface area contributed by atoms with Gasteiger partial charge < -0.3 is 15.5 Å². The Morgan fingerprint density at radius 3 is 2.78 bits per heavy atom. The number of halogens is 4. The molecule has 2 N–H and O–H groups in total. The third kappa shape index (κ3) is 3.55. The third-order valence-corrected chi connectivity index (χ3v) is 5.44. The van der Waals surface area contributed by atoms with Gasteiger partial charge in [-0.05, 0) is 36.6 Å². The van der Waals surface area contributed by atoms with Gasteiger partial charge in [-0.15, -0.1) is 0 Å². The summed E-state index contributed by atoms with van der Waals surface area (Å²) in [5, 5.41) is 5.86.